The molecule has 1 aliphatic carbocycles. The maximum Gasteiger partial charge on any atom is 0.307 e. The van der Waals surface area contributed by atoms with Crippen LogP contribution in [0.1, 0.15) is 12.8 Å². The minimum atomic E-state index is -0.957. The predicted molar refractivity (Wildman–Crippen MR) is 131 cm³/mol. The van der Waals surface area contributed by atoms with Crippen LogP contribution in [0.15, 0.2) is 83.8 Å². The fourth-order valence-electron chi connectivity index (χ4n) is 3.89. The third-order valence-corrected chi connectivity index (χ3v) is 6.58. The van der Waals surface area contributed by atoms with E-state index >= 15 is 0 Å². The van der Waals surface area contributed by atoms with Crippen LogP contribution in [0.2, 0.25) is 0 Å². The van der Waals surface area contributed by atoms with E-state index in [2.05, 4.69) is 10.6 Å². The fraction of sp³-hybridized carbons (Fsp3) is 0.192. The van der Waals surface area contributed by atoms with Crippen LogP contribution in [0.25, 0.3) is 10.8 Å². The minimum Gasteiger partial charge on any atom is -0.481 e. The lowest BCUT2D eigenvalue weighted by Crippen LogP contribution is -2.34. The Hall–Kier alpha value is -3.58. The maximum atomic E-state index is 12.7. The van der Waals surface area contributed by atoms with Crippen LogP contribution in [0.3, 0.4) is 0 Å². The first-order valence-electron chi connectivity index (χ1n) is 10.7. The molecule has 0 fully saturated rings. The van der Waals surface area contributed by atoms with Crippen LogP contribution < -0.4 is 10.6 Å². The van der Waals surface area contributed by atoms with E-state index in [1.165, 1.54) is 11.8 Å². The largest absolute Gasteiger partial charge is 0.481 e. The smallest absolute Gasteiger partial charge is 0.307 e. The maximum absolute atomic E-state index is 12.7. The molecule has 33 heavy (non-hydrogen) atoms. The van der Waals surface area contributed by atoms with E-state index in [0.29, 0.717) is 18.5 Å². The van der Waals surface area contributed by atoms with Gasteiger partial charge in [0.15, 0.2) is 0 Å². The number of amides is 2. The van der Waals surface area contributed by atoms with E-state index < -0.39 is 17.8 Å². The van der Waals surface area contributed by atoms with Crippen LogP contribution in [-0.2, 0) is 14.4 Å². The Bertz CT molecular complexity index is 1220. The number of thioether (sulfide) groups is 1. The van der Waals surface area contributed by atoms with E-state index in [-0.39, 0.29) is 17.6 Å². The highest BCUT2D eigenvalue weighted by atomic mass is 32.2. The van der Waals surface area contributed by atoms with Gasteiger partial charge in [0, 0.05) is 16.3 Å². The standard InChI is InChI=1S/C26H24N2O4S/c29-24(27-20-13-12-17-6-1-2-7-18(17)14-20)16-33-21-9-5-8-19(15-21)28-25(30)22-10-3-4-11-23(22)26(31)32/h1-9,12-15,22-23H,10-11,16H2,(H,27,29)(H,28,30)(H,31,32). The summed E-state index contributed by atoms with van der Waals surface area (Å²) < 4.78 is 0. The molecule has 4 rings (SSSR count). The molecule has 168 valence electrons. The number of rotatable bonds is 7. The fourth-order valence-corrected chi connectivity index (χ4v) is 4.64. The summed E-state index contributed by atoms with van der Waals surface area (Å²) in [6.07, 6.45) is 4.43. The second-order valence-electron chi connectivity index (χ2n) is 7.91. The molecule has 0 radical (unpaired) electrons. The van der Waals surface area contributed by atoms with Gasteiger partial charge in [-0.1, -0.05) is 48.6 Å². The molecule has 0 aromatic heterocycles. The highest BCUT2D eigenvalue weighted by Crippen LogP contribution is 2.28. The molecule has 2 unspecified atom stereocenters. The van der Waals surface area contributed by atoms with Crippen molar-refractivity contribution >= 4 is 51.7 Å². The highest BCUT2D eigenvalue weighted by Gasteiger charge is 2.33. The van der Waals surface area contributed by atoms with Gasteiger partial charge in [0.1, 0.15) is 0 Å². The van der Waals surface area contributed by atoms with Crippen molar-refractivity contribution in [1.29, 1.82) is 0 Å². The third kappa shape index (κ3) is 5.81. The molecule has 6 nitrogen and oxygen atoms in total. The van der Waals surface area contributed by atoms with Gasteiger partial charge in [-0.05, 0) is 53.9 Å². The van der Waals surface area contributed by atoms with Crippen molar-refractivity contribution in [1.82, 2.24) is 0 Å². The summed E-state index contributed by atoms with van der Waals surface area (Å²) in [4.78, 5) is 37.4. The average molecular weight is 461 g/mol. The number of anilines is 2. The SMILES string of the molecule is O=C(CSc1cccc(NC(=O)C2CC=CCC2C(=O)O)c1)Nc1ccc2ccccc2c1. The Balaban J connectivity index is 1.33. The zero-order valence-electron chi connectivity index (χ0n) is 17.9. The number of fused-ring (bicyclic) bond motifs is 1. The number of carboxylic acids is 1. The lowest BCUT2D eigenvalue weighted by molar-refractivity contribution is -0.146. The molecule has 0 spiro atoms. The Kier molecular flexibility index (Phi) is 7.10. The van der Waals surface area contributed by atoms with Crippen LogP contribution in [-0.4, -0.2) is 28.6 Å². The molecular weight excluding hydrogens is 436 g/mol. The summed E-state index contributed by atoms with van der Waals surface area (Å²) in [6.45, 7) is 0. The van der Waals surface area contributed by atoms with Crippen molar-refractivity contribution < 1.29 is 19.5 Å². The molecule has 0 bridgehead atoms. The Morgan fingerprint density at radius 2 is 1.55 bits per heavy atom. The summed E-state index contributed by atoms with van der Waals surface area (Å²) in [6, 6.07) is 21.0. The summed E-state index contributed by atoms with van der Waals surface area (Å²) in [5, 5.41) is 17.3. The zero-order chi connectivity index (χ0) is 23.2. The van der Waals surface area contributed by atoms with Crippen molar-refractivity contribution in [2.24, 2.45) is 11.8 Å². The number of aliphatic carboxylic acids is 1. The average Bonchev–Trinajstić information content (AvgIpc) is 2.83. The van der Waals surface area contributed by atoms with Gasteiger partial charge in [0.2, 0.25) is 11.8 Å². The van der Waals surface area contributed by atoms with Crippen LogP contribution in [0, 0.1) is 11.8 Å². The van der Waals surface area contributed by atoms with Crippen molar-refractivity contribution in [2.75, 3.05) is 16.4 Å². The normalized spacial score (nSPS) is 17.5. The third-order valence-electron chi connectivity index (χ3n) is 5.59. The first-order chi connectivity index (χ1) is 16.0. The van der Waals surface area contributed by atoms with Gasteiger partial charge in [-0.25, -0.2) is 0 Å². The Morgan fingerprint density at radius 1 is 0.818 bits per heavy atom. The van der Waals surface area contributed by atoms with Gasteiger partial charge >= 0.3 is 5.97 Å². The number of carbonyl (C=O) groups is 3. The van der Waals surface area contributed by atoms with E-state index in [1.54, 1.807) is 18.2 Å². The number of nitrogens with one attached hydrogen (secondary N) is 2. The van der Waals surface area contributed by atoms with E-state index in [4.69, 9.17) is 0 Å². The van der Waals surface area contributed by atoms with Crippen LogP contribution in [0.5, 0.6) is 0 Å². The second-order valence-corrected chi connectivity index (χ2v) is 8.96. The molecule has 3 aromatic rings. The van der Waals surface area contributed by atoms with Crippen molar-refractivity contribution in [3.63, 3.8) is 0 Å². The molecule has 0 aliphatic heterocycles. The molecule has 1 aliphatic rings. The monoisotopic (exact) mass is 460 g/mol. The number of carboxylic acid groups (broad SMARTS) is 1. The molecule has 2 atom stereocenters. The predicted octanol–water partition coefficient (Wildman–Crippen LogP) is 5.18. The summed E-state index contributed by atoms with van der Waals surface area (Å²) >= 11 is 1.37. The lowest BCUT2D eigenvalue weighted by Gasteiger charge is -2.24. The van der Waals surface area contributed by atoms with Gasteiger partial charge in [-0.3, -0.25) is 14.4 Å². The summed E-state index contributed by atoms with van der Waals surface area (Å²) in [5.41, 5.74) is 1.33. The van der Waals surface area contributed by atoms with E-state index in [9.17, 15) is 19.5 Å². The summed E-state index contributed by atoms with van der Waals surface area (Å²) in [5.74, 6) is -2.48. The number of carbonyl (C=O) groups excluding carboxylic acids is 2. The molecule has 0 heterocycles. The van der Waals surface area contributed by atoms with Crippen molar-refractivity contribution in [2.45, 2.75) is 17.7 Å². The molecule has 3 N–H and O–H groups in total. The minimum absolute atomic E-state index is 0.122. The van der Waals surface area contributed by atoms with Crippen molar-refractivity contribution in [3.8, 4) is 0 Å². The van der Waals surface area contributed by atoms with E-state index in [1.807, 2.05) is 60.7 Å². The number of allylic oxidation sites excluding steroid dienone is 2. The lowest BCUT2D eigenvalue weighted by atomic mass is 9.82. The topological polar surface area (TPSA) is 95.5 Å². The van der Waals surface area contributed by atoms with Gasteiger partial charge in [0.05, 0.1) is 17.6 Å². The van der Waals surface area contributed by atoms with Gasteiger partial charge in [-0.15, -0.1) is 11.8 Å². The highest BCUT2D eigenvalue weighted by molar-refractivity contribution is 8.00. The van der Waals surface area contributed by atoms with Gasteiger partial charge < -0.3 is 15.7 Å². The Labute approximate surface area is 196 Å². The molecule has 0 saturated carbocycles. The van der Waals surface area contributed by atoms with Gasteiger partial charge in [-0.2, -0.15) is 0 Å². The molecule has 3 aromatic carbocycles. The van der Waals surface area contributed by atoms with E-state index in [0.717, 1.165) is 21.4 Å². The van der Waals surface area contributed by atoms with Gasteiger partial charge in [0.25, 0.3) is 0 Å². The molecular formula is C26H24N2O4S. The number of hydrogen-bond acceptors (Lipinski definition) is 4. The first kappa shape index (κ1) is 22.6. The van der Waals surface area contributed by atoms with Crippen LogP contribution in [0.4, 0.5) is 11.4 Å². The Morgan fingerprint density at radius 3 is 2.33 bits per heavy atom. The molecule has 2 amide bonds. The molecule has 0 saturated heterocycles. The molecule has 7 heteroatoms. The van der Waals surface area contributed by atoms with Crippen molar-refractivity contribution in [3.05, 3.63) is 78.9 Å². The quantitative estimate of drug-likeness (QED) is 0.334. The zero-order valence-corrected chi connectivity index (χ0v) is 18.7. The van der Waals surface area contributed by atoms with Crippen LogP contribution >= 0.6 is 11.8 Å². The number of benzene rings is 3. The summed E-state index contributed by atoms with van der Waals surface area (Å²) in [7, 11) is 0. The first-order valence-corrected chi connectivity index (χ1v) is 11.7. The second kappa shape index (κ2) is 10.4. The number of hydrogen-bond donors (Lipinski definition) is 3.